The second-order valence-corrected chi connectivity index (χ2v) is 4.49. The van der Waals surface area contributed by atoms with Gasteiger partial charge >= 0.3 is 5.97 Å². The van der Waals surface area contributed by atoms with E-state index in [2.05, 4.69) is 0 Å². The molecule has 0 spiro atoms. The number of nitriles is 1. The topological polar surface area (TPSA) is 70.3 Å². The van der Waals surface area contributed by atoms with Crippen molar-refractivity contribution in [3.05, 3.63) is 64.5 Å². The predicted molar refractivity (Wildman–Crippen MR) is 73.6 cm³/mol. The fraction of sp³-hybridized carbons (Fsp3) is 0.125. The number of benzene rings is 2. The maximum Gasteiger partial charge on any atom is 0.335 e. The molecule has 0 unspecified atom stereocenters. The zero-order valence-electron chi connectivity index (χ0n) is 11.3. The Bertz CT molecular complexity index is 735. The highest BCUT2D eigenvalue weighted by molar-refractivity contribution is 5.87. The molecule has 4 nitrogen and oxygen atoms in total. The van der Waals surface area contributed by atoms with Gasteiger partial charge in [0.25, 0.3) is 0 Å². The molecule has 0 atom stereocenters. The van der Waals surface area contributed by atoms with E-state index in [4.69, 9.17) is 15.1 Å². The van der Waals surface area contributed by atoms with Gasteiger partial charge in [-0.25, -0.2) is 9.18 Å². The van der Waals surface area contributed by atoms with E-state index in [-0.39, 0.29) is 17.9 Å². The van der Waals surface area contributed by atoms with Gasteiger partial charge in [0.05, 0.1) is 17.2 Å². The maximum atomic E-state index is 13.7. The summed E-state index contributed by atoms with van der Waals surface area (Å²) in [6.07, 6.45) is 0. The van der Waals surface area contributed by atoms with E-state index in [1.165, 1.54) is 12.1 Å². The van der Waals surface area contributed by atoms with E-state index in [1.807, 2.05) is 13.0 Å². The molecule has 5 heteroatoms. The summed E-state index contributed by atoms with van der Waals surface area (Å²) in [4.78, 5) is 10.7. The number of rotatable bonds is 4. The summed E-state index contributed by atoms with van der Waals surface area (Å²) in [5.74, 6) is -1.92. The van der Waals surface area contributed by atoms with Crippen LogP contribution in [0, 0.1) is 24.1 Å². The highest BCUT2D eigenvalue weighted by Gasteiger charge is 2.10. The molecule has 0 aliphatic rings. The monoisotopic (exact) mass is 285 g/mol. The number of aryl methyl sites for hydroxylation is 1. The molecule has 106 valence electrons. The lowest BCUT2D eigenvalue weighted by atomic mass is 10.1. The Morgan fingerprint density at radius 2 is 2.10 bits per heavy atom. The zero-order valence-corrected chi connectivity index (χ0v) is 11.3. The molecule has 2 aromatic rings. The Morgan fingerprint density at radius 1 is 1.33 bits per heavy atom. The third-order valence-electron chi connectivity index (χ3n) is 3.03. The molecule has 0 saturated carbocycles. The molecule has 0 saturated heterocycles. The summed E-state index contributed by atoms with van der Waals surface area (Å²) in [7, 11) is 0. The van der Waals surface area contributed by atoms with Gasteiger partial charge in [-0.3, -0.25) is 0 Å². The summed E-state index contributed by atoms with van der Waals surface area (Å²) >= 11 is 0. The van der Waals surface area contributed by atoms with Gasteiger partial charge in [-0.05, 0) is 48.4 Å². The van der Waals surface area contributed by atoms with Crippen LogP contribution in [0.2, 0.25) is 0 Å². The quantitative estimate of drug-likeness (QED) is 0.935. The fourth-order valence-electron chi connectivity index (χ4n) is 1.83. The van der Waals surface area contributed by atoms with Crippen molar-refractivity contribution in [1.82, 2.24) is 0 Å². The molecule has 0 amide bonds. The maximum absolute atomic E-state index is 13.7. The van der Waals surface area contributed by atoms with Gasteiger partial charge in [0.1, 0.15) is 6.61 Å². The Labute approximate surface area is 121 Å². The molecule has 0 fully saturated rings. The Hall–Kier alpha value is -2.87. The molecule has 2 aromatic carbocycles. The molecular weight excluding hydrogens is 273 g/mol. The van der Waals surface area contributed by atoms with Crippen LogP contribution in [-0.4, -0.2) is 11.1 Å². The van der Waals surface area contributed by atoms with Crippen LogP contribution in [0.25, 0.3) is 0 Å². The summed E-state index contributed by atoms with van der Waals surface area (Å²) in [5, 5.41) is 17.5. The molecule has 0 radical (unpaired) electrons. The molecule has 0 bridgehead atoms. The number of hydrogen-bond donors (Lipinski definition) is 1. The predicted octanol–water partition coefficient (Wildman–Crippen LogP) is 3.28. The minimum atomic E-state index is -1.19. The highest BCUT2D eigenvalue weighted by atomic mass is 19.1. The third kappa shape index (κ3) is 3.37. The lowest BCUT2D eigenvalue weighted by molar-refractivity contribution is 0.0696. The van der Waals surface area contributed by atoms with Gasteiger partial charge in [-0.2, -0.15) is 5.26 Å². The minimum absolute atomic E-state index is 0.0104. The van der Waals surface area contributed by atoms with Crippen molar-refractivity contribution < 1.29 is 19.0 Å². The highest BCUT2D eigenvalue weighted by Crippen LogP contribution is 2.21. The van der Waals surface area contributed by atoms with Crippen LogP contribution in [0.3, 0.4) is 0 Å². The van der Waals surface area contributed by atoms with Crippen molar-refractivity contribution >= 4 is 5.97 Å². The van der Waals surface area contributed by atoms with E-state index in [0.29, 0.717) is 5.56 Å². The smallest absolute Gasteiger partial charge is 0.335 e. The first-order valence-corrected chi connectivity index (χ1v) is 6.16. The van der Waals surface area contributed by atoms with Gasteiger partial charge in [0.15, 0.2) is 11.6 Å². The number of nitrogens with zero attached hydrogens (tertiary/aromatic N) is 1. The second kappa shape index (κ2) is 6.06. The van der Waals surface area contributed by atoms with Crippen LogP contribution in [-0.2, 0) is 6.61 Å². The standard InChI is InChI=1S/C16H12FNO3/c1-10-6-11(8-18)2-3-13(10)9-21-15-5-4-12(16(19)20)7-14(15)17/h2-7H,9H2,1H3,(H,19,20). The molecule has 0 aliphatic heterocycles. The van der Waals surface area contributed by atoms with Crippen LogP contribution < -0.4 is 4.74 Å². The van der Waals surface area contributed by atoms with Crippen molar-refractivity contribution in [2.75, 3.05) is 0 Å². The molecule has 2 rings (SSSR count). The number of carboxylic acid groups (broad SMARTS) is 1. The van der Waals surface area contributed by atoms with E-state index >= 15 is 0 Å². The van der Waals surface area contributed by atoms with Gasteiger partial charge < -0.3 is 9.84 Å². The Balaban J connectivity index is 2.13. The Kier molecular flexibility index (Phi) is 4.19. The van der Waals surface area contributed by atoms with E-state index in [1.54, 1.807) is 18.2 Å². The lowest BCUT2D eigenvalue weighted by Gasteiger charge is -2.10. The number of carboxylic acids is 1. The molecule has 0 aromatic heterocycles. The number of halogens is 1. The fourth-order valence-corrected chi connectivity index (χ4v) is 1.83. The van der Waals surface area contributed by atoms with Crippen molar-refractivity contribution in [1.29, 1.82) is 5.26 Å². The van der Waals surface area contributed by atoms with E-state index in [9.17, 15) is 9.18 Å². The van der Waals surface area contributed by atoms with E-state index < -0.39 is 11.8 Å². The van der Waals surface area contributed by atoms with Crippen molar-refractivity contribution in [3.63, 3.8) is 0 Å². The van der Waals surface area contributed by atoms with Crippen LogP contribution >= 0.6 is 0 Å². The first-order chi connectivity index (χ1) is 10.0. The average Bonchev–Trinajstić information content (AvgIpc) is 2.46. The minimum Gasteiger partial charge on any atom is -0.486 e. The van der Waals surface area contributed by atoms with E-state index in [0.717, 1.165) is 17.2 Å². The van der Waals surface area contributed by atoms with Crippen molar-refractivity contribution in [2.45, 2.75) is 13.5 Å². The summed E-state index contributed by atoms with van der Waals surface area (Å²) < 4.78 is 19.1. The Morgan fingerprint density at radius 3 is 2.67 bits per heavy atom. The second-order valence-electron chi connectivity index (χ2n) is 4.49. The third-order valence-corrected chi connectivity index (χ3v) is 3.03. The van der Waals surface area contributed by atoms with Gasteiger partial charge in [0, 0.05) is 0 Å². The average molecular weight is 285 g/mol. The SMILES string of the molecule is Cc1cc(C#N)ccc1COc1ccc(C(=O)O)cc1F. The number of carbonyl (C=O) groups is 1. The van der Waals surface area contributed by atoms with Crippen LogP contribution in [0.4, 0.5) is 4.39 Å². The molecule has 0 aliphatic carbocycles. The summed E-state index contributed by atoms with van der Waals surface area (Å²) in [5.41, 5.74) is 2.12. The molecule has 21 heavy (non-hydrogen) atoms. The van der Waals surface area contributed by atoms with Gasteiger partial charge in [-0.15, -0.1) is 0 Å². The number of ether oxygens (including phenoxy) is 1. The lowest BCUT2D eigenvalue weighted by Crippen LogP contribution is -2.02. The first kappa shape index (κ1) is 14.5. The molecule has 1 N–H and O–H groups in total. The van der Waals surface area contributed by atoms with Crippen LogP contribution in [0.15, 0.2) is 36.4 Å². The van der Waals surface area contributed by atoms with Gasteiger partial charge in [0.2, 0.25) is 0 Å². The van der Waals surface area contributed by atoms with Crippen LogP contribution in [0.5, 0.6) is 5.75 Å². The normalized spacial score (nSPS) is 9.95. The summed E-state index contributed by atoms with van der Waals surface area (Å²) in [6.45, 7) is 1.98. The molecule has 0 heterocycles. The summed E-state index contributed by atoms with van der Waals surface area (Å²) in [6, 6.07) is 10.7. The van der Waals surface area contributed by atoms with Crippen molar-refractivity contribution in [2.24, 2.45) is 0 Å². The first-order valence-electron chi connectivity index (χ1n) is 6.16. The largest absolute Gasteiger partial charge is 0.486 e. The number of aromatic carboxylic acids is 1. The van der Waals surface area contributed by atoms with Crippen LogP contribution in [0.1, 0.15) is 27.0 Å². The van der Waals surface area contributed by atoms with Crippen molar-refractivity contribution in [3.8, 4) is 11.8 Å². The molecular formula is C16H12FNO3. The van der Waals surface area contributed by atoms with Gasteiger partial charge in [-0.1, -0.05) is 6.07 Å². The number of hydrogen-bond acceptors (Lipinski definition) is 3. The zero-order chi connectivity index (χ0) is 15.4.